The third-order valence-electron chi connectivity index (χ3n) is 2.26. The molecular weight excluding hydrogens is 190 g/mol. The van der Waals surface area contributed by atoms with Crippen LogP contribution in [0.15, 0.2) is 24.4 Å². The molecule has 0 atom stereocenters. The van der Waals surface area contributed by atoms with Gasteiger partial charge in [0.2, 0.25) is 5.91 Å². The Morgan fingerprint density at radius 2 is 2.27 bits per heavy atom. The molecule has 0 fully saturated rings. The van der Waals surface area contributed by atoms with Crippen LogP contribution in [-0.4, -0.2) is 16.1 Å². The van der Waals surface area contributed by atoms with E-state index in [1.165, 1.54) is 0 Å². The first kappa shape index (κ1) is 9.71. The number of rotatable bonds is 2. The molecule has 78 valence electrons. The van der Waals surface area contributed by atoms with Gasteiger partial charge in [0.1, 0.15) is 0 Å². The summed E-state index contributed by atoms with van der Waals surface area (Å²) in [5, 5.41) is 10.7. The van der Waals surface area contributed by atoms with E-state index in [0.717, 1.165) is 16.6 Å². The SMILES string of the molecule is CC(C)C(=O)Nc1cccc2cn[nH]c12. The van der Waals surface area contributed by atoms with Crippen LogP contribution in [0.1, 0.15) is 13.8 Å². The molecule has 0 bridgehead atoms. The van der Waals surface area contributed by atoms with E-state index in [9.17, 15) is 4.79 Å². The van der Waals surface area contributed by atoms with E-state index in [1.54, 1.807) is 6.20 Å². The average Bonchev–Trinajstić information content (AvgIpc) is 2.66. The number of para-hydroxylation sites is 1. The topological polar surface area (TPSA) is 57.8 Å². The molecule has 1 aromatic heterocycles. The zero-order chi connectivity index (χ0) is 10.8. The highest BCUT2D eigenvalue weighted by molar-refractivity contribution is 6.00. The van der Waals surface area contributed by atoms with Crippen molar-refractivity contribution in [1.29, 1.82) is 0 Å². The van der Waals surface area contributed by atoms with Crippen molar-refractivity contribution >= 4 is 22.5 Å². The summed E-state index contributed by atoms with van der Waals surface area (Å²) in [6.07, 6.45) is 1.74. The number of hydrogen-bond acceptors (Lipinski definition) is 2. The summed E-state index contributed by atoms with van der Waals surface area (Å²) in [7, 11) is 0. The number of nitrogens with one attached hydrogen (secondary N) is 2. The molecule has 1 aromatic carbocycles. The van der Waals surface area contributed by atoms with Gasteiger partial charge in [0.25, 0.3) is 0 Å². The zero-order valence-corrected chi connectivity index (χ0v) is 8.74. The van der Waals surface area contributed by atoms with Crippen molar-refractivity contribution in [3.8, 4) is 0 Å². The highest BCUT2D eigenvalue weighted by atomic mass is 16.1. The second-order valence-corrected chi connectivity index (χ2v) is 3.78. The van der Waals surface area contributed by atoms with E-state index in [1.807, 2.05) is 32.0 Å². The number of benzene rings is 1. The molecule has 0 unspecified atom stereocenters. The first-order chi connectivity index (χ1) is 7.18. The quantitative estimate of drug-likeness (QED) is 0.785. The van der Waals surface area contributed by atoms with Gasteiger partial charge in [-0.3, -0.25) is 9.89 Å². The minimum atomic E-state index is -0.0248. The number of carbonyl (C=O) groups is 1. The summed E-state index contributed by atoms with van der Waals surface area (Å²) >= 11 is 0. The van der Waals surface area contributed by atoms with Crippen LogP contribution in [0.3, 0.4) is 0 Å². The van der Waals surface area contributed by atoms with E-state index >= 15 is 0 Å². The Morgan fingerprint density at radius 1 is 1.47 bits per heavy atom. The Labute approximate surface area is 87.7 Å². The Bertz CT molecular complexity index is 487. The third-order valence-corrected chi connectivity index (χ3v) is 2.26. The van der Waals surface area contributed by atoms with Gasteiger partial charge in [-0.1, -0.05) is 26.0 Å². The Hall–Kier alpha value is -1.84. The summed E-state index contributed by atoms with van der Waals surface area (Å²) in [4.78, 5) is 11.5. The number of aromatic amines is 1. The van der Waals surface area contributed by atoms with Crippen LogP contribution < -0.4 is 5.32 Å². The largest absolute Gasteiger partial charge is 0.324 e. The van der Waals surface area contributed by atoms with E-state index in [-0.39, 0.29) is 11.8 Å². The van der Waals surface area contributed by atoms with Gasteiger partial charge in [0, 0.05) is 11.3 Å². The average molecular weight is 203 g/mol. The molecule has 0 aliphatic carbocycles. The van der Waals surface area contributed by atoms with Crippen LogP contribution in [0.4, 0.5) is 5.69 Å². The number of amides is 1. The summed E-state index contributed by atoms with van der Waals surface area (Å²) in [6, 6.07) is 5.71. The van der Waals surface area contributed by atoms with Crippen LogP contribution >= 0.6 is 0 Å². The van der Waals surface area contributed by atoms with Gasteiger partial charge in [0.15, 0.2) is 0 Å². The van der Waals surface area contributed by atoms with E-state index in [0.29, 0.717) is 0 Å². The van der Waals surface area contributed by atoms with Crippen molar-refractivity contribution in [2.24, 2.45) is 5.92 Å². The lowest BCUT2D eigenvalue weighted by molar-refractivity contribution is -0.118. The van der Waals surface area contributed by atoms with Crippen molar-refractivity contribution in [2.45, 2.75) is 13.8 Å². The predicted molar refractivity (Wildman–Crippen MR) is 59.6 cm³/mol. The van der Waals surface area contributed by atoms with Crippen molar-refractivity contribution in [3.63, 3.8) is 0 Å². The minimum Gasteiger partial charge on any atom is -0.324 e. The second-order valence-electron chi connectivity index (χ2n) is 3.78. The molecule has 0 saturated heterocycles. The van der Waals surface area contributed by atoms with Crippen molar-refractivity contribution in [2.75, 3.05) is 5.32 Å². The molecule has 1 heterocycles. The molecule has 0 saturated carbocycles. The lowest BCUT2D eigenvalue weighted by Gasteiger charge is -2.07. The Kier molecular flexibility index (Phi) is 2.41. The summed E-state index contributed by atoms with van der Waals surface area (Å²) in [5.74, 6) is -0.0136. The maximum atomic E-state index is 11.5. The van der Waals surface area contributed by atoms with Crippen LogP contribution in [-0.2, 0) is 4.79 Å². The Balaban J connectivity index is 2.35. The van der Waals surface area contributed by atoms with Gasteiger partial charge in [-0.15, -0.1) is 0 Å². The molecule has 1 amide bonds. The number of aromatic nitrogens is 2. The molecule has 4 nitrogen and oxygen atoms in total. The minimum absolute atomic E-state index is 0.0112. The van der Waals surface area contributed by atoms with E-state index in [4.69, 9.17) is 0 Å². The maximum Gasteiger partial charge on any atom is 0.226 e. The third kappa shape index (κ3) is 1.83. The van der Waals surface area contributed by atoms with Gasteiger partial charge in [-0.2, -0.15) is 5.10 Å². The maximum absolute atomic E-state index is 11.5. The molecule has 2 aromatic rings. The fourth-order valence-corrected chi connectivity index (χ4v) is 1.35. The van der Waals surface area contributed by atoms with Gasteiger partial charge >= 0.3 is 0 Å². The van der Waals surface area contributed by atoms with Gasteiger partial charge in [0.05, 0.1) is 17.4 Å². The zero-order valence-electron chi connectivity index (χ0n) is 8.74. The number of hydrogen-bond donors (Lipinski definition) is 2. The first-order valence-corrected chi connectivity index (χ1v) is 4.91. The second kappa shape index (κ2) is 3.73. The Morgan fingerprint density at radius 3 is 3.00 bits per heavy atom. The molecule has 2 N–H and O–H groups in total. The van der Waals surface area contributed by atoms with E-state index in [2.05, 4.69) is 15.5 Å². The molecule has 4 heteroatoms. The fourth-order valence-electron chi connectivity index (χ4n) is 1.35. The monoisotopic (exact) mass is 203 g/mol. The normalized spacial score (nSPS) is 10.9. The molecule has 0 spiro atoms. The van der Waals surface area contributed by atoms with Crippen LogP contribution in [0.5, 0.6) is 0 Å². The van der Waals surface area contributed by atoms with Crippen LogP contribution in [0.25, 0.3) is 10.9 Å². The summed E-state index contributed by atoms with van der Waals surface area (Å²) in [6.45, 7) is 3.73. The molecule has 0 radical (unpaired) electrons. The lowest BCUT2D eigenvalue weighted by atomic mass is 10.2. The van der Waals surface area contributed by atoms with Gasteiger partial charge in [-0.25, -0.2) is 0 Å². The van der Waals surface area contributed by atoms with Gasteiger partial charge < -0.3 is 5.32 Å². The van der Waals surface area contributed by atoms with Crippen LogP contribution in [0.2, 0.25) is 0 Å². The smallest absolute Gasteiger partial charge is 0.226 e. The lowest BCUT2D eigenvalue weighted by Crippen LogP contribution is -2.17. The van der Waals surface area contributed by atoms with Crippen molar-refractivity contribution in [3.05, 3.63) is 24.4 Å². The summed E-state index contributed by atoms with van der Waals surface area (Å²) in [5.41, 5.74) is 1.65. The molecule has 2 rings (SSSR count). The fraction of sp³-hybridized carbons (Fsp3) is 0.273. The van der Waals surface area contributed by atoms with E-state index < -0.39 is 0 Å². The highest BCUT2D eigenvalue weighted by Gasteiger charge is 2.09. The van der Waals surface area contributed by atoms with Crippen molar-refractivity contribution < 1.29 is 4.79 Å². The molecule has 15 heavy (non-hydrogen) atoms. The number of carbonyl (C=O) groups excluding carboxylic acids is 1. The molecular formula is C11H13N3O. The molecule has 0 aliphatic heterocycles. The number of anilines is 1. The number of nitrogens with zero attached hydrogens (tertiary/aromatic N) is 1. The van der Waals surface area contributed by atoms with Crippen LogP contribution in [0, 0.1) is 5.92 Å². The van der Waals surface area contributed by atoms with Gasteiger partial charge in [-0.05, 0) is 6.07 Å². The number of fused-ring (bicyclic) bond motifs is 1. The number of H-pyrrole nitrogens is 1. The summed E-state index contributed by atoms with van der Waals surface area (Å²) < 4.78 is 0. The standard InChI is InChI=1S/C11H13N3O/c1-7(2)11(15)13-9-5-3-4-8-6-12-14-10(8)9/h3-7H,1-2H3,(H,12,14)(H,13,15). The highest BCUT2D eigenvalue weighted by Crippen LogP contribution is 2.20. The predicted octanol–water partition coefficient (Wildman–Crippen LogP) is 2.16. The van der Waals surface area contributed by atoms with Crippen molar-refractivity contribution in [1.82, 2.24) is 10.2 Å². The first-order valence-electron chi connectivity index (χ1n) is 4.91. The molecule has 0 aliphatic rings.